The van der Waals surface area contributed by atoms with Crippen molar-refractivity contribution in [2.75, 3.05) is 33.8 Å². The van der Waals surface area contributed by atoms with E-state index in [9.17, 15) is 4.79 Å². The summed E-state index contributed by atoms with van der Waals surface area (Å²) in [6, 6.07) is 10.5. The Morgan fingerprint density at radius 2 is 1.75 bits per heavy atom. The molecule has 0 atom stereocenters. The molecule has 2 aromatic carbocycles. The number of ether oxygens (including phenoxy) is 4. The first kappa shape index (κ1) is 26.4. The maximum absolute atomic E-state index is 13.2. The number of hydrogen-bond acceptors (Lipinski definition) is 7. The Hall–Kier alpha value is -4.21. The lowest BCUT2D eigenvalue weighted by Gasteiger charge is -2.15. The van der Waals surface area contributed by atoms with Crippen LogP contribution < -0.4 is 29.6 Å². The fourth-order valence-electron chi connectivity index (χ4n) is 3.56. The first-order valence-corrected chi connectivity index (χ1v) is 11.5. The SMILES string of the molecule is CCCn1cc(CN=C(NC(=O)c2cc(OC)c(OC)c(OC)c2)Nc2cccc(OC)c2)c(C)n1. The largest absolute Gasteiger partial charge is 0.497 e. The van der Waals surface area contributed by atoms with Gasteiger partial charge >= 0.3 is 0 Å². The number of benzene rings is 2. The number of aliphatic imine (C=N–C) groups is 1. The topological polar surface area (TPSA) is 108 Å². The quantitative estimate of drug-likeness (QED) is 0.323. The summed E-state index contributed by atoms with van der Waals surface area (Å²) in [5, 5.41) is 10.6. The van der Waals surface area contributed by atoms with Gasteiger partial charge in [-0.1, -0.05) is 13.0 Å². The highest BCUT2D eigenvalue weighted by atomic mass is 16.5. The van der Waals surface area contributed by atoms with Gasteiger partial charge in [0.2, 0.25) is 11.7 Å². The highest BCUT2D eigenvalue weighted by Gasteiger charge is 2.18. The third-order valence-electron chi connectivity index (χ3n) is 5.40. The second-order valence-corrected chi connectivity index (χ2v) is 7.89. The van der Waals surface area contributed by atoms with Crippen LogP contribution in [0.1, 0.15) is 35.0 Å². The number of carbonyl (C=O) groups excluding carboxylic acids is 1. The molecule has 1 amide bonds. The predicted molar refractivity (Wildman–Crippen MR) is 139 cm³/mol. The van der Waals surface area contributed by atoms with Gasteiger partial charge < -0.3 is 24.3 Å². The fraction of sp³-hybridized carbons (Fsp3) is 0.346. The molecule has 3 aromatic rings. The zero-order valence-electron chi connectivity index (χ0n) is 21.5. The molecule has 3 rings (SSSR count). The summed E-state index contributed by atoms with van der Waals surface area (Å²) in [7, 11) is 6.10. The highest BCUT2D eigenvalue weighted by molar-refractivity contribution is 6.10. The van der Waals surface area contributed by atoms with Crippen LogP contribution in [0, 0.1) is 6.92 Å². The molecule has 0 aliphatic rings. The molecular formula is C26H33N5O5. The van der Waals surface area contributed by atoms with Gasteiger partial charge in [-0.2, -0.15) is 5.10 Å². The number of anilines is 1. The molecule has 36 heavy (non-hydrogen) atoms. The van der Waals surface area contributed by atoms with Gasteiger partial charge in [0.15, 0.2) is 11.5 Å². The fourth-order valence-corrected chi connectivity index (χ4v) is 3.56. The van der Waals surface area contributed by atoms with Gasteiger partial charge in [-0.05, 0) is 37.6 Å². The van der Waals surface area contributed by atoms with Crippen LogP contribution >= 0.6 is 0 Å². The van der Waals surface area contributed by atoms with E-state index >= 15 is 0 Å². The number of aryl methyl sites for hydroxylation is 2. The van der Waals surface area contributed by atoms with E-state index in [1.807, 2.05) is 42.1 Å². The van der Waals surface area contributed by atoms with Gasteiger partial charge in [-0.3, -0.25) is 14.8 Å². The van der Waals surface area contributed by atoms with E-state index in [2.05, 4.69) is 27.6 Å². The summed E-state index contributed by atoms with van der Waals surface area (Å²) in [5.41, 5.74) is 2.88. The zero-order chi connectivity index (χ0) is 26.1. The molecule has 0 aliphatic heterocycles. The van der Waals surface area contributed by atoms with Crippen LogP contribution in [0.5, 0.6) is 23.0 Å². The molecule has 0 saturated carbocycles. The summed E-state index contributed by atoms with van der Waals surface area (Å²) in [6.45, 7) is 5.21. The second kappa shape index (κ2) is 12.5. The maximum atomic E-state index is 13.2. The average Bonchev–Trinajstić information content (AvgIpc) is 3.25. The van der Waals surface area contributed by atoms with Crippen LogP contribution in [-0.4, -0.2) is 50.1 Å². The van der Waals surface area contributed by atoms with Crippen molar-refractivity contribution in [2.24, 2.45) is 4.99 Å². The van der Waals surface area contributed by atoms with Crippen molar-refractivity contribution in [3.8, 4) is 23.0 Å². The number of guanidine groups is 1. The molecule has 0 saturated heterocycles. The van der Waals surface area contributed by atoms with Gasteiger partial charge in [0.25, 0.3) is 5.91 Å². The highest BCUT2D eigenvalue weighted by Crippen LogP contribution is 2.38. The van der Waals surface area contributed by atoms with E-state index < -0.39 is 5.91 Å². The van der Waals surface area contributed by atoms with E-state index in [-0.39, 0.29) is 5.96 Å². The van der Waals surface area contributed by atoms with Crippen molar-refractivity contribution in [3.05, 3.63) is 59.4 Å². The van der Waals surface area contributed by atoms with E-state index in [1.54, 1.807) is 19.2 Å². The molecule has 0 spiro atoms. The third kappa shape index (κ3) is 6.47. The minimum absolute atomic E-state index is 0.268. The molecule has 1 aromatic heterocycles. The lowest BCUT2D eigenvalue weighted by Crippen LogP contribution is -2.36. The Kier molecular flexibility index (Phi) is 9.15. The van der Waals surface area contributed by atoms with Crippen LogP contribution in [0.4, 0.5) is 5.69 Å². The Morgan fingerprint density at radius 1 is 1.03 bits per heavy atom. The minimum Gasteiger partial charge on any atom is -0.497 e. The molecule has 0 unspecified atom stereocenters. The molecule has 10 heteroatoms. The van der Waals surface area contributed by atoms with Crippen LogP contribution in [0.2, 0.25) is 0 Å². The molecular weight excluding hydrogens is 462 g/mol. The number of amides is 1. The number of aromatic nitrogens is 2. The number of nitrogens with one attached hydrogen (secondary N) is 2. The molecule has 192 valence electrons. The Labute approximate surface area is 211 Å². The maximum Gasteiger partial charge on any atom is 0.258 e. The van der Waals surface area contributed by atoms with E-state index in [0.717, 1.165) is 24.2 Å². The summed E-state index contributed by atoms with van der Waals surface area (Å²) in [4.78, 5) is 17.9. The molecule has 0 radical (unpaired) electrons. The number of rotatable bonds is 10. The number of hydrogen-bond donors (Lipinski definition) is 2. The Morgan fingerprint density at radius 3 is 2.36 bits per heavy atom. The van der Waals surface area contributed by atoms with Crippen molar-refractivity contribution in [3.63, 3.8) is 0 Å². The van der Waals surface area contributed by atoms with E-state index in [4.69, 9.17) is 18.9 Å². The standard InChI is InChI=1S/C26H33N5O5/c1-7-11-31-16-19(17(2)30-31)15-27-26(28-20-9-8-10-21(14-20)33-3)29-25(32)18-12-22(34-4)24(36-6)23(13-18)35-5/h8-10,12-14,16H,7,11,15H2,1-6H3,(H2,27,28,29,32). The van der Waals surface area contributed by atoms with Crippen LogP contribution in [-0.2, 0) is 13.1 Å². The van der Waals surface area contributed by atoms with Crippen LogP contribution in [0.25, 0.3) is 0 Å². The van der Waals surface area contributed by atoms with Crippen LogP contribution in [0.3, 0.4) is 0 Å². The van der Waals surface area contributed by atoms with Crippen molar-refractivity contribution in [1.82, 2.24) is 15.1 Å². The van der Waals surface area contributed by atoms with Crippen molar-refractivity contribution in [1.29, 1.82) is 0 Å². The summed E-state index contributed by atoms with van der Waals surface area (Å²) < 4.78 is 23.3. The smallest absolute Gasteiger partial charge is 0.258 e. The molecule has 0 fully saturated rings. The Bertz CT molecular complexity index is 1200. The molecule has 1 heterocycles. The van der Waals surface area contributed by atoms with Gasteiger partial charge in [0.05, 0.1) is 40.7 Å². The van der Waals surface area contributed by atoms with Gasteiger partial charge in [0, 0.05) is 35.6 Å². The van der Waals surface area contributed by atoms with Gasteiger partial charge in [-0.25, -0.2) is 4.99 Å². The second-order valence-electron chi connectivity index (χ2n) is 7.89. The lowest BCUT2D eigenvalue weighted by molar-refractivity contribution is 0.0976. The number of nitrogens with zero attached hydrogens (tertiary/aromatic N) is 3. The van der Waals surface area contributed by atoms with Crippen molar-refractivity contribution >= 4 is 17.6 Å². The normalized spacial score (nSPS) is 11.1. The van der Waals surface area contributed by atoms with Crippen molar-refractivity contribution < 1.29 is 23.7 Å². The summed E-state index contributed by atoms with van der Waals surface area (Å²) >= 11 is 0. The van der Waals surface area contributed by atoms with E-state index in [0.29, 0.717) is 40.8 Å². The minimum atomic E-state index is -0.401. The molecule has 10 nitrogen and oxygen atoms in total. The lowest BCUT2D eigenvalue weighted by atomic mass is 10.1. The Balaban J connectivity index is 1.91. The number of methoxy groups -OCH3 is 4. The zero-order valence-corrected chi connectivity index (χ0v) is 21.5. The van der Waals surface area contributed by atoms with Crippen molar-refractivity contribution in [2.45, 2.75) is 33.4 Å². The molecule has 2 N–H and O–H groups in total. The van der Waals surface area contributed by atoms with Gasteiger partial charge in [0.1, 0.15) is 5.75 Å². The first-order valence-electron chi connectivity index (χ1n) is 11.5. The summed E-state index contributed by atoms with van der Waals surface area (Å²) in [5.74, 6) is 1.69. The molecule has 0 bridgehead atoms. The first-order chi connectivity index (χ1) is 17.4. The molecule has 0 aliphatic carbocycles. The summed E-state index contributed by atoms with van der Waals surface area (Å²) in [6.07, 6.45) is 2.96. The predicted octanol–water partition coefficient (Wildman–Crippen LogP) is 4.03. The van der Waals surface area contributed by atoms with Gasteiger partial charge in [-0.15, -0.1) is 0 Å². The monoisotopic (exact) mass is 495 g/mol. The third-order valence-corrected chi connectivity index (χ3v) is 5.40. The van der Waals surface area contributed by atoms with Crippen LogP contribution in [0.15, 0.2) is 47.6 Å². The number of carbonyl (C=O) groups is 1. The average molecular weight is 496 g/mol. The van der Waals surface area contributed by atoms with E-state index in [1.165, 1.54) is 21.3 Å².